The Kier molecular flexibility index (Phi) is 10.5. The molecule has 4 aliphatic heterocycles. The van der Waals surface area contributed by atoms with Gasteiger partial charge in [-0.1, -0.05) is 0 Å². The van der Waals surface area contributed by atoms with E-state index in [0.29, 0.717) is 35.9 Å². The van der Waals surface area contributed by atoms with E-state index in [1.165, 1.54) is 16.9 Å². The van der Waals surface area contributed by atoms with Gasteiger partial charge in [0.2, 0.25) is 17.7 Å². The number of carbonyl (C=O) groups excluding carboxylic acids is 4. The lowest BCUT2D eigenvalue weighted by Gasteiger charge is -2.38. The second kappa shape index (κ2) is 16.2. The molecule has 5 aromatic rings. The van der Waals surface area contributed by atoms with Crippen molar-refractivity contribution < 1.29 is 37.1 Å². The Hall–Kier alpha value is -5.79. The van der Waals surface area contributed by atoms with Gasteiger partial charge < -0.3 is 29.6 Å². The number of hydrogen-bond acceptors (Lipinski definition) is 12. The molecule has 3 atom stereocenters. The summed E-state index contributed by atoms with van der Waals surface area (Å²) in [6, 6.07) is 7.42. The van der Waals surface area contributed by atoms with Gasteiger partial charge in [0, 0.05) is 80.8 Å². The number of piperidine rings is 1. The number of piperazine rings is 1. The standard InChI is InChI=1S/C42H47F2N11O6/c43-39(44)38-33(47-42(59)31-17-45-54-10-9-35(48-40(31)54)53-19-28-16-27(53)22-60-28)20-55(50-38)26-4-1-24(2-5-26)18-51-11-13-52(14-12-51)21-37(57)46-25-3-6-29-32(23-61-34(29)15-25)30-7-8-36(56)49-41(30)58/h3,6,9-10,15,17,20,23-24,26-28,30,39H,1-2,4-5,7-8,11-14,16,18-19,21-22H2,(H,46,57)(H,47,59)(H,49,56,58)/t24?,26?,27-,28-,30-/m1/s1. The number of furan rings is 1. The molecule has 4 aromatic heterocycles. The highest BCUT2D eigenvalue weighted by atomic mass is 19.3. The molecule has 1 aliphatic carbocycles. The molecule has 17 nitrogen and oxygen atoms in total. The van der Waals surface area contributed by atoms with Gasteiger partial charge in [-0.2, -0.15) is 10.2 Å². The van der Waals surface area contributed by atoms with Crippen LogP contribution in [-0.4, -0.2) is 122 Å². The van der Waals surface area contributed by atoms with Crippen molar-refractivity contribution in [2.75, 3.05) is 68.0 Å². The molecule has 10 rings (SSSR count). The third-order valence-electron chi connectivity index (χ3n) is 13.1. The van der Waals surface area contributed by atoms with Gasteiger partial charge in [0.15, 0.2) is 11.3 Å². The molecular weight excluding hydrogens is 793 g/mol. The third-order valence-corrected chi connectivity index (χ3v) is 13.1. The summed E-state index contributed by atoms with van der Waals surface area (Å²) in [6.07, 6.45) is 8.62. The maximum atomic E-state index is 14.3. The van der Waals surface area contributed by atoms with Crippen LogP contribution in [0, 0.1) is 5.92 Å². The number of nitrogens with zero attached hydrogens (tertiary/aromatic N) is 8. The lowest BCUT2D eigenvalue weighted by Crippen LogP contribution is -2.49. The van der Waals surface area contributed by atoms with Gasteiger partial charge in [-0.25, -0.2) is 18.3 Å². The van der Waals surface area contributed by atoms with Crippen molar-refractivity contribution in [3.8, 4) is 0 Å². The molecule has 0 unspecified atom stereocenters. The van der Waals surface area contributed by atoms with Gasteiger partial charge in [0.1, 0.15) is 17.0 Å². The lowest BCUT2D eigenvalue weighted by molar-refractivity contribution is -0.134. The van der Waals surface area contributed by atoms with Crippen LogP contribution in [0.3, 0.4) is 0 Å². The van der Waals surface area contributed by atoms with Crippen LogP contribution in [0.2, 0.25) is 0 Å². The fraction of sp³-hybridized carbons (Fsp3) is 0.500. The van der Waals surface area contributed by atoms with Crippen molar-refractivity contribution in [1.29, 1.82) is 0 Å². The van der Waals surface area contributed by atoms with Crippen LogP contribution in [0.5, 0.6) is 0 Å². The van der Waals surface area contributed by atoms with Crippen LogP contribution in [0.15, 0.2) is 53.5 Å². The Morgan fingerprint density at radius 2 is 1.80 bits per heavy atom. The van der Waals surface area contributed by atoms with E-state index in [1.807, 2.05) is 12.1 Å². The Morgan fingerprint density at radius 3 is 2.56 bits per heavy atom. The van der Waals surface area contributed by atoms with Crippen molar-refractivity contribution in [2.24, 2.45) is 5.92 Å². The molecule has 3 N–H and O–H groups in total. The number of hydrogen-bond donors (Lipinski definition) is 3. The molecule has 4 saturated heterocycles. The monoisotopic (exact) mass is 839 g/mol. The minimum Gasteiger partial charge on any atom is -0.464 e. The molecule has 4 amide bonds. The first-order chi connectivity index (χ1) is 29.6. The number of imide groups is 1. The number of aromatic nitrogens is 5. The minimum absolute atomic E-state index is 0.0163. The molecule has 2 bridgehead atoms. The fourth-order valence-electron chi connectivity index (χ4n) is 9.78. The number of fused-ring (bicyclic) bond motifs is 4. The molecule has 19 heteroatoms. The highest BCUT2D eigenvalue weighted by Gasteiger charge is 2.40. The molecule has 5 aliphatic rings. The van der Waals surface area contributed by atoms with Gasteiger partial charge in [0.25, 0.3) is 12.3 Å². The van der Waals surface area contributed by atoms with E-state index in [0.717, 1.165) is 88.1 Å². The summed E-state index contributed by atoms with van der Waals surface area (Å²) in [6.45, 7) is 5.76. The summed E-state index contributed by atoms with van der Waals surface area (Å²) >= 11 is 0. The van der Waals surface area contributed by atoms with Crippen molar-refractivity contribution in [3.63, 3.8) is 0 Å². The van der Waals surface area contributed by atoms with Crippen molar-refractivity contribution >= 4 is 57.4 Å². The van der Waals surface area contributed by atoms with Crippen LogP contribution in [0.4, 0.5) is 26.0 Å². The number of morpholine rings is 1. The zero-order chi connectivity index (χ0) is 41.8. The van der Waals surface area contributed by atoms with Crippen LogP contribution >= 0.6 is 0 Å². The SMILES string of the molecule is O=C1CC[C@H](c2coc3cc(NC(=O)CN4CCN(CC5CCC(n6cc(NC(=O)c7cnn8ccc(N9C[C@H]%10C[C@@H]9CO%10)nc78)c(C(F)F)n6)CC5)CC4)ccc23)C(=O)N1. The van der Waals surface area contributed by atoms with Crippen molar-refractivity contribution in [1.82, 2.24) is 39.5 Å². The Morgan fingerprint density at radius 1 is 0.984 bits per heavy atom. The average molecular weight is 840 g/mol. The summed E-state index contributed by atoms with van der Waals surface area (Å²) in [5.41, 5.74) is 1.96. The zero-order valence-corrected chi connectivity index (χ0v) is 33.5. The molecular formula is C42H47F2N11O6. The number of halogens is 2. The number of rotatable bonds is 11. The quantitative estimate of drug-likeness (QED) is 0.160. The Bertz CT molecular complexity index is 2490. The van der Waals surface area contributed by atoms with Gasteiger partial charge in [-0.3, -0.25) is 34.1 Å². The van der Waals surface area contributed by atoms with E-state index >= 15 is 0 Å². The lowest BCUT2D eigenvalue weighted by atomic mass is 9.85. The molecule has 8 heterocycles. The van der Waals surface area contributed by atoms with Crippen LogP contribution in [-0.2, 0) is 19.1 Å². The van der Waals surface area contributed by atoms with Gasteiger partial charge in [-0.05, 0) is 62.6 Å². The molecule has 5 fully saturated rings. The van der Waals surface area contributed by atoms with Crippen LogP contribution in [0.1, 0.15) is 84.9 Å². The highest BCUT2D eigenvalue weighted by molar-refractivity contribution is 6.08. The number of amides is 4. The zero-order valence-electron chi connectivity index (χ0n) is 33.5. The first-order valence-electron chi connectivity index (χ1n) is 21.1. The highest BCUT2D eigenvalue weighted by Crippen LogP contribution is 2.37. The average Bonchev–Trinajstić information content (AvgIpc) is 4.11. The fourth-order valence-corrected chi connectivity index (χ4v) is 9.78. The second-order valence-electron chi connectivity index (χ2n) is 17.0. The van der Waals surface area contributed by atoms with E-state index in [-0.39, 0.29) is 60.1 Å². The van der Waals surface area contributed by atoms with Gasteiger partial charge >= 0.3 is 0 Å². The Labute approximate surface area is 348 Å². The summed E-state index contributed by atoms with van der Waals surface area (Å²) in [7, 11) is 0. The van der Waals surface area contributed by atoms with Gasteiger partial charge in [0.05, 0.1) is 55.4 Å². The predicted octanol–water partition coefficient (Wildman–Crippen LogP) is 4.35. The maximum Gasteiger partial charge on any atom is 0.284 e. The summed E-state index contributed by atoms with van der Waals surface area (Å²) in [4.78, 5) is 62.0. The molecule has 61 heavy (non-hydrogen) atoms. The normalized spacial score (nSPS) is 24.9. The molecule has 320 valence electrons. The van der Waals surface area contributed by atoms with E-state index in [9.17, 15) is 28.0 Å². The molecule has 0 spiro atoms. The number of nitrogens with one attached hydrogen (secondary N) is 3. The van der Waals surface area contributed by atoms with Crippen molar-refractivity contribution in [2.45, 2.75) is 75.5 Å². The molecule has 1 saturated carbocycles. The summed E-state index contributed by atoms with van der Waals surface area (Å²) in [5.74, 6) is -0.562. The Balaban J connectivity index is 0.689. The van der Waals surface area contributed by atoms with E-state index < -0.39 is 23.9 Å². The van der Waals surface area contributed by atoms with Crippen LogP contribution in [0.25, 0.3) is 16.6 Å². The first-order valence-corrected chi connectivity index (χ1v) is 21.1. The topological polar surface area (TPSA) is 184 Å². The molecule has 1 aromatic carbocycles. The summed E-state index contributed by atoms with van der Waals surface area (Å²) in [5, 5.41) is 17.4. The third kappa shape index (κ3) is 7.96. The number of benzene rings is 1. The van der Waals surface area contributed by atoms with E-state index in [2.05, 4.69) is 40.8 Å². The van der Waals surface area contributed by atoms with Crippen LogP contribution < -0.4 is 20.9 Å². The minimum atomic E-state index is -2.87. The van der Waals surface area contributed by atoms with Crippen molar-refractivity contribution in [3.05, 3.63) is 65.9 Å². The number of ether oxygens (including phenoxy) is 1. The maximum absolute atomic E-state index is 14.3. The number of anilines is 3. The number of carbonyl (C=O) groups is 4. The first kappa shape index (κ1) is 39.4. The smallest absolute Gasteiger partial charge is 0.284 e. The van der Waals surface area contributed by atoms with E-state index in [1.54, 1.807) is 29.3 Å². The predicted molar refractivity (Wildman–Crippen MR) is 217 cm³/mol. The number of alkyl halides is 2. The van der Waals surface area contributed by atoms with E-state index in [4.69, 9.17) is 14.1 Å². The largest absolute Gasteiger partial charge is 0.464 e. The van der Waals surface area contributed by atoms with Gasteiger partial charge in [-0.15, -0.1) is 0 Å². The second-order valence-corrected chi connectivity index (χ2v) is 17.0. The molecule has 0 radical (unpaired) electrons. The summed E-state index contributed by atoms with van der Waals surface area (Å²) < 4.78 is 43.1.